The molecular weight excluding hydrogens is 522 g/mol. The normalized spacial score (nSPS) is 21.4. The van der Waals surface area contributed by atoms with Crippen LogP contribution in [-0.4, -0.2) is 83.1 Å². The minimum absolute atomic E-state index is 0.0225. The third kappa shape index (κ3) is 6.20. The van der Waals surface area contributed by atoms with E-state index < -0.39 is 17.9 Å². The highest BCUT2D eigenvalue weighted by atomic mass is 16.7. The molecule has 2 aromatic carbocycles. The van der Waals surface area contributed by atoms with Gasteiger partial charge in [-0.2, -0.15) is 0 Å². The van der Waals surface area contributed by atoms with Crippen molar-refractivity contribution in [3.63, 3.8) is 0 Å². The molecule has 220 valence electrons. The number of benzene rings is 2. The fourth-order valence-corrected chi connectivity index (χ4v) is 6.45. The molecule has 3 aliphatic heterocycles. The van der Waals surface area contributed by atoms with Crippen molar-refractivity contribution >= 4 is 17.8 Å². The Morgan fingerprint density at radius 2 is 1.76 bits per heavy atom. The molecule has 41 heavy (non-hydrogen) atoms. The molecule has 0 aliphatic carbocycles. The van der Waals surface area contributed by atoms with E-state index in [1.165, 1.54) is 0 Å². The fourth-order valence-electron chi connectivity index (χ4n) is 6.45. The van der Waals surface area contributed by atoms with Crippen LogP contribution in [0.5, 0.6) is 11.5 Å². The van der Waals surface area contributed by atoms with Crippen LogP contribution in [0.2, 0.25) is 0 Å². The Kier molecular flexibility index (Phi) is 9.12. The molecule has 9 nitrogen and oxygen atoms in total. The molecule has 0 aromatic heterocycles. The second kappa shape index (κ2) is 12.9. The van der Waals surface area contributed by atoms with Gasteiger partial charge in [0.1, 0.15) is 0 Å². The molecule has 3 heterocycles. The van der Waals surface area contributed by atoms with Crippen LogP contribution in [0.4, 0.5) is 0 Å². The lowest BCUT2D eigenvalue weighted by Gasteiger charge is -2.30. The number of aliphatic carboxylic acids is 1. The number of likely N-dealkylation sites (tertiary alicyclic amines) is 1. The van der Waals surface area contributed by atoms with E-state index in [0.717, 1.165) is 36.8 Å². The van der Waals surface area contributed by atoms with Gasteiger partial charge in [0.05, 0.1) is 12.5 Å². The number of fused-ring (bicyclic) bond motifs is 2. The maximum absolute atomic E-state index is 13.6. The first kappa shape index (κ1) is 28.9. The predicted octanol–water partition coefficient (Wildman–Crippen LogP) is 4.36. The first-order valence-corrected chi connectivity index (χ1v) is 14.9. The minimum atomic E-state index is -0.891. The zero-order valence-electron chi connectivity index (χ0n) is 24.1. The van der Waals surface area contributed by atoms with Crippen LogP contribution in [0.25, 0.3) is 0 Å². The zero-order valence-corrected chi connectivity index (χ0v) is 24.1. The summed E-state index contributed by atoms with van der Waals surface area (Å²) in [5.74, 6) is -0.672. The van der Waals surface area contributed by atoms with E-state index in [9.17, 15) is 19.5 Å². The highest BCUT2D eigenvalue weighted by molar-refractivity contribution is 5.98. The Hall–Kier alpha value is -3.59. The average molecular weight is 564 g/mol. The maximum atomic E-state index is 13.6. The second-order valence-electron chi connectivity index (χ2n) is 11.3. The van der Waals surface area contributed by atoms with Crippen LogP contribution in [-0.2, 0) is 16.1 Å². The molecule has 0 saturated carbocycles. The Balaban J connectivity index is 1.39. The Morgan fingerprint density at radius 3 is 2.46 bits per heavy atom. The van der Waals surface area contributed by atoms with E-state index in [0.29, 0.717) is 56.2 Å². The third-order valence-corrected chi connectivity index (χ3v) is 8.70. The lowest BCUT2D eigenvalue weighted by atomic mass is 9.84. The van der Waals surface area contributed by atoms with Gasteiger partial charge >= 0.3 is 5.97 Å². The number of unbranched alkanes of at least 4 members (excludes halogenated alkanes) is 2. The maximum Gasteiger partial charge on any atom is 0.308 e. The van der Waals surface area contributed by atoms with E-state index in [1.807, 2.05) is 47.4 Å². The van der Waals surface area contributed by atoms with E-state index in [2.05, 4.69) is 18.7 Å². The van der Waals surface area contributed by atoms with E-state index in [4.69, 9.17) is 9.47 Å². The number of carboxylic acid groups (broad SMARTS) is 1. The van der Waals surface area contributed by atoms with Gasteiger partial charge in [-0.25, -0.2) is 0 Å². The molecule has 2 aromatic rings. The van der Waals surface area contributed by atoms with Gasteiger partial charge in [-0.3, -0.25) is 19.3 Å². The number of hydrogen-bond donors (Lipinski definition) is 1. The quantitative estimate of drug-likeness (QED) is 0.387. The van der Waals surface area contributed by atoms with Crippen LogP contribution >= 0.6 is 0 Å². The van der Waals surface area contributed by atoms with Gasteiger partial charge in [-0.15, -0.1) is 0 Å². The summed E-state index contributed by atoms with van der Waals surface area (Å²) in [4.78, 5) is 45.3. The number of carboxylic acids is 1. The van der Waals surface area contributed by atoms with E-state index in [-0.39, 0.29) is 31.1 Å². The van der Waals surface area contributed by atoms with Crippen LogP contribution in [0.1, 0.15) is 73.4 Å². The number of hydrogen-bond acceptors (Lipinski definition) is 6. The fraction of sp³-hybridized carbons (Fsp3) is 0.531. The first-order valence-electron chi connectivity index (χ1n) is 14.9. The molecule has 0 spiro atoms. The number of nitrogens with zero attached hydrogens (tertiary/aromatic N) is 3. The minimum Gasteiger partial charge on any atom is -0.481 e. The largest absolute Gasteiger partial charge is 0.481 e. The summed E-state index contributed by atoms with van der Waals surface area (Å²) in [7, 11) is 0. The molecule has 0 radical (unpaired) electrons. The summed E-state index contributed by atoms with van der Waals surface area (Å²) in [6.45, 7) is 7.35. The second-order valence-corrected chi connectivity index (χ2v) is 11.3. The smallest absolute Gasteiger partial charge is 0.308 e. The number of carbonyl (C=O) groups excluding carboxylic acids is 2. The summed E-state index contributed by atoms with van der Waals surface area (Å²) in [5.41, 5.74) is 2.56. The van der Waals surface area contributed by atoms with Crippen molar-refractivity contribution in [3.05, 3.63) is 59.2 Å². The van der Waals surface area contributed by atoms with Gasteiger partial charge in [-0.05, 0) is 48.6 Å². The van der Waals surface area contributed by atoms with Gasteiger partial charge in [0, 0.05) is 50.2 Å². The lowest BCUT2D eigenvalue weighted by molar-refractivity contribution is -0.144. The highest BCUT2D eigenvalue weighted by Crippen LogP contribution is 2.43. The lowest BCUT2D eigenvalue weighted by Crippen LogP contribution is -2.45. The van der Waals surface area contributed by atoms with Gasteiger partial charge in [-0.1, -0.05) is 51.0 Å². The van der Waals surface area contributed by atoms with Crippen LogP contribution in [0.15, 0.2) is 42.5 Å². The molecule has 3 atom stereocenters. The molecular formula is C32H41N3O6. The van der Waals surface area contributed by atoms with Crippen molar-refractivity contribution in [2.75, 3.05) is 39.5 Å². The Morgan fingerprint density at radius 1 is 1.02 bits per heavy atom. The standard InChI is InChI=1S/C32H41N3O6/c1-3-5-14-33(15-6-4-2)29(36)20-35-19-25(22-11-12-27-28(17-22)41-21-40-27)30(32(38)39)26(35)13-16-34-18-23-9-7-8-10-24(23)31(34)37/h7-12,17,25-26,30H,3-6,13-16,18-21H2,1-2H3,(H,38,39)/t25-,26+,30-/m1/s1. The molecule has 5 rings (SSSR count). The van der Waals surface area contributed by atoms with Crippen LogP contribution in [0, 0.1) is 5.92 Å². The van der Waals surface area contributed by atoms with Gasteiger partial charge in [0.25, 0.3) is 5.91 Å². The molecule has 2 amide bonds. The average Bonchev–Trinajstić information content (AvgIpc) is 3.67. The number of amides is 2. The summed E-state index contributed by atoms with van der Waals surface area (Å²) in [6.07, 6.45) is 4.35. The van der Waals surface area contributed by atoms with Crippen molar-refractivity contribution in [2.45, 2.75) is 64.5 Å². The summed E-state index contributed by atoms with van der Waals surface area (Å²) in [6, 6.07) is 12.8. The van der Waals surface area contributed by atoms with Gasteiger partial charge in [0.15, 0.2) is 11.5 Å². The Bertz CT molecular complexity index is 1260. The van der Waals surface area contributed by atoms with Gasteiger partial charge in [0.2, 0.25) is 12.7 Å². The number of rotatable bonds is 13. The first-order chi connectivity index (χ1) is 19.9. The molecule has 0 unspecified atom stereocenters. The monoisotopic (exact) mass is 563 g/mol. The summed E-state index contributed by atoms with van der Waals surface area (Å²) in [5, 5.41) is 10.5. The SMILES string of the molecule is CCCCN(CCCC)C(=O)CN1C[C@H](c2ccc3c(c2)OCO3)[C@@H](C(=O)O)[C@@H]1CCN1Cc2ccccc2C1=O. The highest BCUT2D eigenvalue weighted by Gasteiger charge is 2.47. The molecule has 0 bridgehead atoms. The molecule has 1 saturated heterocycles. The summed E-state index contributed by atoms with van der Waals surface area (Å²) >= 11 is 0. The number of ether oxygens (including phenoxy) is 2. The van der Waals surface area contributed by atoms with Crippen molar-refractivity contribution in [3.8, 4) is 11.5 Å². The molecule has 9 heteroatoms. The van der Waals surface area contributed by atoms with Crippen molar-refractivity contribution in [2.24, 2.45) is 5.92 Å². The summed E-state index contributed by atoms with van der Waals surface area (Å²) < 4.78 is 11.1. The van der Waals surface area contributed by atoms with E-state index in [1.54, 1.807) is 4.90 Å². The van der Waals surface area contributed by atoms with Crippen molar-refractivity contribution < 1.29 is 29.0 Å². The Labute approximate surface area is 242 Å². The van der Waals surface area contributed by atoms with Gasteiger partial charge < -0.3 is 24.4 Å². The third-order valence-electron chi connectivity index (χ3n) is 8.70. The van der Waals surface area contributed by atoms with Crippen LogP contribution < -0.4 is 9.47 Å². The molecule has 1 N–H and O–H groups in total. The predicted molar refractivity (Wildman–Crippen MR) is 154 cm³/mol. The van der Waals surface area contributed by atoms with Crippen LogP contribution in [0.3, 0.4) is 0 Å². The number of carbonyl (C=O) groups is 3. The van der Waals surface area contributed by atoms with Crippen molar-refractivity contribution in [1.29, 1.82) is 0 Å². The zero-order chi connectivity index (χ0) is 28.9. The van der Waals surface area contributed by atoms with Crippen molar-refractivity contribution in [1.82, 2.24) is 14.7 Å². The topological polar surface area (TPSA) is 99.6 Å². The molecule has 1 fully saturated rings. The molecule has 3 aliphatic rings. The van der Waals surface area contributed by atoms with E-state index >= 15 is 0 Å².